The zero-order valence-electron chi connectivity index (χ0n) is 25.4. The second-order valence-electron chi connectivity index (χ2n) is 10.8. The number of nitrogens with one attached hydrogen (secondary N) is 1. The van der Waals surface area contributed by atoms with Gasteiger partial charge in [0.15, 0.2) is 9.84 Å². The Kier molecular flexibility index (Phi) is 12.9. The Balaban J connectivity index is 0.000000738. The topological polar surface area (TPSA) is 150 Å². The summed E-state index contributed by atoms with van der Waals surface area (Å²) in [5, 5.41) is 13.8. The number of amides is 2. The average molecular weight is 667 g/mol. The lowest BCUT2D eigenvalue weighted by Gasteiger charge is -2.38. The number of benzene rings is 2. The van der Waals surface area contributed by atoms with Crippen LogP contribution in [-0.4, -0.2) is 90.9 Å². The van der Waals surface area contributed by atoms with Crippen LogP contribution in [0.2, 0.25) is 0 Å². The van der Waals surface area contributed by atoms with E-state index >= 15 is 0 Å². The second kappa shape index (κ2) is 16.4. The van der Waals surface area contributed by atoms with E-state index in [4.69, 9.17) is 14.4 Å². The highest BCUT2D eigenvalue weighted by atomic mass is 32.2. The van der Waals surface area contributed by atoms with Gasteiger partial charge in [0.05, 0.1) is 23.6 Å². The minimum Gasteiger partial charge on any atom is -0.475 e. The van der Waals surface area contributed by atoms with E-state index in [1.54, 1.807) is 30.3 Å². The Bertz CT molecular complexity index is 1530. The molecular formula is C31H37F3N4O7S. The van der Waals surface area contributed by atoms with Crippen LogP contribution in [0.1, 0.15) is 53.9 Å². The van der Waals surface area contributed by atoms with E-state index in [9.17, 15) is 31.2 Å². The minimum atomic E-state index is -5.08. The molecule has 15 heteroatoms. The summed E-state index contributed by atoms with van der Waals surface area (Å²) in [6.45, 7) is 5.19. The summed E-state index contributed by atoms with van der Waals surface area (Å²) in [5.74, 6) is -2.80. The van der Waals surface area contributed by atoms with Crippen LogP contribution in [0.25, 0.3) is 0 Å². The molecular weight excluding hydrogens is 629 g/mol. The van der Waals surface area contributed by atoms with Crippen molar-refractivity contribution in [3.8, 4) is 0 Å². The lowest BCUT2D eigenvalue weighted by Crippen LogP contribution is -2.48. The minimum absolute atomic E-state index is 0.0577. The van der Waals surface area contributed by atoms with E-state index < -0.39 is 22.0 Å². The third-order valence-corrected chi connectivity index (χ3v) is 8.64. The van der Waals surface area contributed by atoms with E-state index in [2.05, 4.69) is 15.4 Å². The maximum atomic E-state index is 13.1. The number of likely N-dealkylation sites (tertiary alicyclic amines) is 1. The molecule has 2 heterocycles. The van der Waals surface area contributed by atoms with Gasteiger partial charge in [0.25, 0.3) is 5.91 Å². The van der Waals surface area contributed by atoms with Gasteiger partial charge in [-0.05, 0) is 49.4 Å². The number of alkyl halides is 3. The Morgan fingerprint density at radius 2 is 1.67 bits per heavy atom. The summed E-state index contributed by atoms with van der Waals surface area (Å²) in [6, 6.07) is 18.0. The summed E-state index contributed by atoms with van der Waals surface area (Å²) < 4.78 is 60.2. The number of hydrogen-bond acceptors (Lipinski definition) is 8. The number of carboxylic acids is 1. The number of sulfone groups is 1. The van der Waals surface area contributed by atoms with Crippen LogP contribution >= 0.6 is 0 Å². The lowest BCUT2D eigenvalue weighted by atomic mass is 9.99. The number of rotatable bonds is 11. The monoisotopic (exact) mass is 666 g/mol. The molecule has 11 nitrogen and oxygen atoms in total. The SMILES string of the molecule is CCN(C(=O)Cc1ccc(S(C)(=O)=O)cc1)C1CCN(CC[C@H](NC(=O)c2ccno2)c2ccccc2)CC1.O=C(O)C(F)(F)F. The fraction of sp³-hybridized carbons (Fsp3) is 0.419. The fourth-order valence-electron chi connectivity index (χ4n) is 5.10. The molecule has 2 aromatic carbocycles. The van der Waals surface area contributed by atoms with Crippen LogP contribution in [0.5, 0.6) is 0 Å². The third-order valence-electron chi connectivity index (χ3n) is 7.51. The van der Waals surface area contributed by atoms with Gasteiger partial charge in [-0.15, -0.1) is 0 Å². The first-order valence-electron chi connectivity index (χ1n) is 14.6. The highest BCUT2D eigenvalue weighted by molar-refractivity contribution is 7.90. The first kappa shape index (κ1) is 36.2. The van der Waals surface area contributed by atoms with Crippen molar-refractivity contribution in [1.82, 2.24) is 20.3 Å². The largest absolute Gasteiger partial charge is 0.490 e. The number of aliphatic carboxylic acids is 1. The Morgan fingerprint density at radius 3 is 2.17 bits per heavy atom. The number of halogens is 3. The van der Waals surface area contributed by atoms with Gasteiger partial charge in [0.1, 0.15) is 0 Å². The van der Waals surface area contributed by atoms with Crippen molar-refractivity contribution in [1.29, 1.82) is 0 Å². The standard InChI is InChI=1S/C29H36N4O5S.C2HF3O2/c1-3-33(28(34)21-22-9-11-25(12-10-22)39(2,36)37)24-14-18-32(19-15-24)20-16-26(23-7-5-4-6-8-23)31-29(35)27-13-17-30-38-27;3-2(4,5)1(6)7/h4-13,17,24,26H,3,14-16,18-21H2,1-2H3,(H,31,35);(H,6,7)/t26-;/m0./s1. The molecule has 250 valence electrons. The molecule has 1 aliphatic rings. The molecule has 0 spiro atoms. The van der Waals surface area contributed by atoms with Gasteiger partial charge >= 0.3 is 12.1 Å². The zero-order chi connectivity index (χ0) is 33.9. The summed E-state index contributed by atoms with van der Waals surface area (Å²) >= 11 is 0. The molecule has 0 radical (unpaired) electrons. The van der Waals surface area contributed by atoms with Crippen LogP contribution in [-0.2, 0) is 25.8 Å². The van der Waals surface area contributed by atoms with Crippen molar-refractivity contribution >= 4 is 27.6 Å². The zero-order valence-corrected chi connectivity index (χ0v) is 26.3. The molecule has 46 heavy (non-hydrogen) atoms. The van der Waals surface area contributed by atoms with E-state index in [0.29, 0.717) is 6.54 Å². The molecule has 1 aromatic heterocycles. The number of likely N-dealkylation sites (N-methyl/N-ethyl adjacent to an activating group) is 1. The van der Waals surface area contributed by atoms with Crippen LogP contribution in [0.15, 0.2) is 76.3 Å². The average Bonchev–Trinajstić information content (AvgIpc) is 3.56. The van der Waals surface area contributed by atoms with Crippen molar-refractivity contribution < 1.29 is 45.6 Å². The molecule has 3 aromatic rings. The highest BCUT2D eigenvalue weighted by Crippen LogP contribution is 2.22. The number of carbonyl (C=O) groups is 3. The molecule has 1 atom stereocenters. The Labute approximate surface area is 265 Å². The van der Waals surface area contributed by atoms with Crippen molar-refractivity contribution in [2.45, 2.75) is 55.8 Å². The van der Waals surface area contributed by atoms with Gasteiger partial charge in [0.2, 0.25) is 11.7 Å². The number of carbonyl (C=O) groups excluding carboxylic acids is 2. The molecule has 0 aliphatic carbocycles. The van der Waals surface area contributed by atoms with Gasteiger partial charge < -0.3 is 24.7 Å². The molecule has 1 saturated heterocycles. The first-order chi connectivity index (χ1) is 21.7. The molecule has 1 aliphatic heterocycles. The smallest absolute Gasteiger partial charge is 0.475 e. The van der Waals surface area contributed by atoms with E-state index in [1.165, 1.54) is 12.5 Å². The van der Waals surface area contributed by atoms with Crippen LogP contribution in [0.4, 0.5) is 13.2 Å². The molecule has 0 bridgehead atoms. The summed E-state index contributed by atoms with van der Waals surface area (Å²) in [4.78, 5) is 39.2. The second-order valence-corrected chi connectivity index (χ2v) is 12.8. The number of carboxylic acid groups (broad SMARTS) is 1. The van der Waals surface area contributed by atoms with E-state index in [1.807, 2.05) is 42.2 Å². The van der Waals surface area contributed by atoms with Gasteiger partial charge in [0, 0.05) is 44.5 Å². The van der Waals surface area contributed by atoms with Crippen molar-refractivity contribution in [2.24, 2.45) is 0 Å². The van der Waals surface area contributed by atoms with Crippen LogP contribution in [0.3, 0.4) is 0 Å². The van der Waals surface area contributed by atoms with Gasteiger partial charge in [-0.25, -0.2) is 13.2 Å². The predicted octanol–water partition coefficient (Wildman–Crippen LogP) is 4.13. The lowest BCUT2D eigenvalue weighted by molar-refractivity contribution is -0.192. The molecule has 2 N–H and O–H groups in total. The fourth-order valence-corrected chi connectivity index (χ4v) is 5.74. The predicted molar refractivity (Wildman–Crippen MR) is 162 cm³/mol. The van der Waals surface area contributed by atoms with E-state index in [-0.39, 0.29) is 41.0 Å². The maximum Gasteiger partial charge on any atom is 0.490 e. The summed E-state index contributed by atoms with van der Waals surface area (Å²) in [7, 11) is -3.26. The number of aromatic nitrogens is 1. The normalized spacial score (nSPS) is 14.9. The quantitative estimate of drug-likeness (QED) is 0.308. The molecule has 2 amide bonds. The molecule has 0 saturated carbocycles. The first-order valence-corrected chi connectivity index (χ1v) is 16.5. The maximum absolute atomic E-state index is 13.1. The van der Waals surface area contributed by atoms with Crippen molar-refractivity contribution in [3.05, 3.63) is 83.7 Å². The summed E-state index contributed by atoms with van der Waals surface area (Å²) in [5.41, 5.74) is 1.84. The van der Waals surface area contributed by atoms with Gasteiger partial charge in [-0.2, -0.15) is 13.2 Å². The van der Waals surface area contributed by atoms with Crippen molar-refractivity contribution in [2.75, 3.05) is 32.4 Å². The third kappa shape index (κ3) is 11.0. The van der Waals surface area contributed by atoms with Crippen LogP contribution < -0.4 is 5.32 Å². The van der Waals surface area contributed by atoms with E-state index in [0.717, 1.165) is 50.0 Å². The van der Waals surface area contributed by atoms with Crippen LogP contribution in [0, 0.1) is 0 Å². The molecule has 0 unspecified atom stereocenters. The summed E-state index contributed by atoms with van der Waals surface area (Å²) in [6.07, 6.45) is 0.306. The number of hydrogen-bond donors (Lipinski definition) is 2. The Hall–Kier alpha value is -4.24. The Morgan fingerprint density at radius 1 is 1.07 bits per heavy atom. The molecule has 1 fully saturated rings. The van der Waals surface area contributed by atoms with Gasteiger partial charge in [-0.3, -0.25) is 9.59 Å². The van der Waals surface area contributed by atoms with Crippen molar-refractivity contribution in [3.63, 3.8) is 0 Å². The highest BCUT2D eigenvalue weighted by Gasteiger charge is 2.38. The number of piperidine rings is 1. The van der Waals surface area contributed by atoms with Gasteiger partial charge in [-0.1, -0.05) is 47.6 Å². The molecule has 4 rings (SSSR count). The number of nitrogens with zero attached hydrogens (tertiary/aromatic N) is 3.